The minimum absolute atomic E-state index is 0.178. The summed E-state index contributed by atoms with van der Waals surface area (Å²) in [6.07, 6.45) is 0. The second kappa shape index (κ2) is 6.26. The molecule has 0 aromatic heterocycles. The van der Waals surface area contributed by atoms with Crippen LogP contribution in [0.5, 0.6) is 0 Å². The van der Waals surface area contributed by atoms with Crippen molar-refractivity contribution in [1.29, 1.82) is 0 Å². The van der Waals surface area contributed by atoms with Crippen LogP contribution in [0.25, 0.3) is 0 Å². The quantitative estimate of drug-likeness (QED) is 0.796. The zero-order valence-electron chi connectivity index (χ0n) is 10.3. The van der Waals surface area contributed by atoms with Crippen LogP contribution in [0.2, 0.25) is 0 Å². The third-order valence-electron chi connectivity index (χ3n) is 2.62. The van der Waals surface area contributed by atoms with E-state index in [0.29, 0.717) is 16.7 Å². The van der Waals surface area contributed by atoms with Crippen molar-refractivity contribution >= 4 is 47.6 Å². The third-order valence-corrected chi connectivity index (χ3v) is 5.50. The fraction of sp³-hybridized carbons (Fsp3) is 0.0769. The summed E-state index contributed by atoms with van der Waals surface area (Å²) in [4.78, 5) is 0.178. The van der Waals surface area contributed by atoms with Gasteiger partial charge in [-0.05, 0) is 57.9 Å². The second-order valence-electron chi connectivity index (χ2n) is 4.08. The Hall–Kier alpha value is -0.890. The summed E-state index contributed by atoms with van der Waals surface area (Å²) in [5, 5.41) is 0. The van der Waals surface area contributed by atoms with Crippen molar-refractivity contribution < 1.29 is 8.42 Å². The van der Waals surface area contributed by atoms with E-state index in [4.69, 9.17) is 5.73 Å². The number of nitrogens with one attached hydrogen (secondary N) is 1. The number of hydrogen-bond acceptors (Lipinski definition) is 3. The second-order valence-corrected chi connectivity index (χ2v) is 7.50. The normalized spacial score (nSPS) is 11.3. The van der Waals surface area contributed by atoms with E-state index in [-0.39, 0.29) is 4.90 Å². The van der Waals surface area contributed by atoms with Crippen molar-refractivity contribution in [2.45, 2.75) is 11.4 Å². The number of anilines is 1. The molecule has 0 radical (unpaired) electrons. The summed E-state index contributed by atoms with van der Waals surface area (Å²) in [6, 6.07) is 11.8. The summed E-state index contributed by atoms with van der Waals surface area (Å²) in [7, 11) is -3.63. The first-order chi connectivity index (χ1) is 9.42. The molecule has 20 heavy (non-hydrogen) atoms. The highest BCUT2D eigenvalue weighted by molar-refractivity contribution is 9.10. The van der Waals surface area contributed by atoms with Crippen LogP contribution in [-0.4, -0.2) is 8.42 Å². The molecule has 0 aliphatic rings. The minimum Gasteiger partial charge on any atom is -0.326 e. The Kier molecular flexibility index (Phi) is 4.85. The van der Waals surface area contributed by atoms with Gasteiger partial charge in [0.15, 0.2) is 0 Å². The van der Waals surface area contributed by atoms with Crippen molar-refractivity contribution in [3.63, 3.8) is 0 Å². The van der Waals surface area contributed by atoms with E-state index in [0.717, 1.165) is 10.0 Å². The highest BCUT2D eigenvalue weighted by atomic mass is 79.9. The molecule has 0 unspecified atom stereocenters. The molecule has 0 saturated carbocycles. The van der Waals surface area contributed by atoms with Gasteiger partial charge in [0, 0.05) is 21.2 Å². The summed E-state index contributed by atoms with van der Waals surface area (Å²) < 4.78 is 28.6. The monoisotopic (exact) mass is 418 g/mol. The number of nitrogens with two attached hydrogens (primary N) is 1. The summed E-state index contributed by atoms with van der Waals surface area (Å²) in [5.74, 6) is 0. The lowest BCUT2D eigenvalue weighted by Crippen LogP contribution is -2.13. The average Bonchev–Trinajstić information content (AvgIpc) is 2.40. The van der Waals surface area contributed by atoms with E-state index < -0.39 is 10.0 Å². The number of benzene rings is 2. The molecule has 0 aliphatic carbocycles. The van der Waals surface area contributed by atoms with Gasteiger partial charge in [0.05, 0.1) is 0 Å². The van der Waals surface area contributed by atoms with Gasteiger partial charge in [-0.1, -0.05) is 22.0 Å². The Bertz CT molecular complexity index is 716. The molecule has 0 fully saturated rings. The van der Waals surface area contributed by atoms with E-state index >= 15 is 0 Å². The Morgan fingerprint density at radius 1 is 1.05 bits per heavy atom. The lowest BCUT2D eigenvalue weighted by Gasteiger charge is -2.10. The SMILES string of the molecule is NCc1ccc(S(=O)(=O)Nc2ccc(Br)cc2)c(Br)c1. The van der Waals surface area contributed by atoms with E-state index in [1.807, 2.05) is 0 Å². The molecule has 3 N–H and O–H groups in total. The Balaban J connectivity index is 2.33. The van der Waals surface area contributed by atoms with Gasteiger partial charge in [-0.2, -0.15) is 0 Å². The molecule has 2 rings (SSSR count). The lowest BCUT2D eigenvalue weighted by molar-refractivity contribution is 0.600. The van der Waals surface area contributed by atoms with Crippen LogP contribution in [0.3, 0.4) is 0 Å². The molecule has 0 aliphatic heterocycles. The van der Waals surface area contributed by atoms with Gasteiger partial charge in [0.1, 0.15) is 4.90 Å². The van der Waals surface area contributed by atoms with E-state index in [9.17, 15) is 8.42 Å². The molecule has 0 bridgehead atoms. The molecule has 0 heterocycles. The molecule has 0 amide bonds. The Morgan fingerprint density at radius 3 is 2.25 bits per heavy atom. The van der Waals surface area contributed by atoms with Gasteiger partial charge in [-0.15, -0.1) is 0 Å². The predicted molar refractivity (Wildman–Crippen MR) is 87.0 cm³/mol. The van der Waals surface area contributed by atoms with Crippen LogP contribution in [0.15, 0.2) is 56.3 Å². The van der Waals surface area contributed by atoms with Crippen LogP contribution >= 0.6 is 31.9 Å². The highest BCUT2D eigenvalue weighted by Crippen LogP contribution is 2.25. The molecular weight excluding hydrogens is 408 g/mol. The van der Waals surface area contributed by atoms with Crippen LogP contribution in [0.1, 0.15) is 5.56 Å². The first-order valence-corrected chi connectivity index (χ1v) is 8.76. The molecule has 0 spiro atoms. The van der Waals surface area contributed by atoms with Gasteiger partial charge in [-0.25, -0.2) is 8.42 Å². The number of rotatable bonds is 4. The van der Waals surface area contributed by atoms with Crippen molar-refractivity contribution in [2.75, 3.05) is 4.72 Å². The first kappa shape index (κ1) is 15.5. The first-order valence-electron chi connectivity index (χ1n) is 5.69. The van der Waals surface area contributed by atoms with Gasteiger partial charge in [0.2, 0.25) is 0 Å². The number of halogens is 2. The zero-order valence-corrected chi connectivity index (χ0v) is 14.3. The van der Waals surface area contributed by atoms with Gasteiger partial charge in [-0.3, -0.25) is 4.72 Å². The predicted octanol–water partition coefficient (Wildman–Crippen LogP) is 3.47. The van der Waals surface area contributed by atoms with Crippen LogP contribution in [0.4, 0.5) is 5.69 Å². The number of sulfonamides is 1. The third kappa shape index (κ3) is 3.60. The molecule has 0 saturated heterocycles. The fourth-order valence-corrected chi connectivity index (χ4v) is 4.07. The van der Waals surface area contributed by atoms with E-state index in [2.05, 4.69) is 36.6 Å². The Labute approximate surface area is 134 Å². The van der Waals surface area contributed by atoms with Crippen molar-refractivity contribution in [3.8, 4) is 0 Å². The van der Waals surface area contributed by atoms with Crippen molar-refractivity contribution in [3.05, 3.63) is 57.0 Å². The summed E-state index contributed by atoms with van der Waals surface area (Å²) >= 11 is 6.57. The number of hydrogen-bond donors (Lipinski definition) is 2. The molecular formula is C13H12Br2N2O2S. The van der Waals surface area contributed by atoms with Crippen molar-refractivity contribution in [2.24, 2.45) is 5.73 Å². The maximum atomic E-state index is 12.3. The maximum absolute atomic E-state index is 12.3. The molecule has 4 nitrogen and oxygen atoms in total. The molecule has 106 valence electrons. The summed E-state index contributed by atoms with van der Waals surface area (Å²) in [5.41, 5.74) is 6.89. The van der Waals surface area contributed by atoms with E-state index in [1.165, 1.54) is 6.07 Å². The zero-order chi connectivity index (χ0) is 14.8. The Morgan fingerprint density at radius 2 is 1.70 bits per heavy atom. The fourth-order valence-electron chi connectivity index (χ4n) is 1.62. The minimum atomic E-state index is -3.63. The van der Waals surface area contributed by atoms with Crippen LogP contribution in [-0.2, 0) is 16.6 Å². The highest BCUT2D eigenvalue weighted by Gasteiger charge is 2.17. The topological polar surface area (TPSA) is 72.2 Å². The maximum Gasteiger partial charge on any atom is 0.263 e. The van der Waals surface area contributed by atoms with Crippen molar-refractivity contribution in [1.82, 2.24) is 0 Å². The van der Waals surface area contributed by atoms with Gasteiger partial charge < -0.3 is 5.73 Å². The molecule has 7 heteroatoms. The smallest absolute Gasteiger partial charge is 0.263 e. The summed E-state index contributed by atoms with van der Waals surface area (Å²) in [6.45, 7) is 0.360. The molecule has 2 aromatic carbocycles. The lowest BCUT2D eigenvalue weighted by atomic mass is 10.2. The largest absolute Gasteiger partial charge is 0.326 e. The molecule has 2 aromatic rings. The average molecular weight is 420 g/mol. The van der Waals surface area contributed by atoms with Gasteiger partial charge >= 0.3 is 0 Å². The standard InChI is InChI=1S/C13H12Br2N2O2S/c14-10-2-4-11(5-3-10)17-20(18,19)13-6-1-9(8-16)7-12(13)15/h1-7,17H,8,16H2. The van der Waals surface area contributed by atoms with Crippen LogP contribution in [0, 0.1) is 0 Å². The van der Waals surface area contributed by atoms with Gasteiger partial charge in [0.25, 0.3) is 10.0 Å². The van der Waals surface area contributed by atoms with E-state index in [1.54, 1.807) is 36.4 Å². The molecule has 0 atom stereocenters. The van der Waals surface area contributed by atoms with Crippen LogP contribution < -0.4 is 10.5 Å².